The summed E-state index contributed by atoms with van der Waals surface area (Å²) in [6.07, 6.45) is 1.96. The Hall–Kier alpha value is -2.71. The normalized spacial score (nSPS) is 11.1. The van der Waals surface area contributed by atoms with Crippen LogP contribution < -0.4 is 10.0 Å². The highest BCUT2D eigenvalue weighted by Gasteiger charge is 2.15. The molecule has 0 aliphatic rings. The highest BCUT2D eigenvalue weighted by molar-refractivity contribution is 7.93. The van der Waals surface area contributed by atoms with Crippen molar-refractivity contribution >= 4 is 38.1 Å². The first-order chi connectivity index (χ1) is 12.5. The van der Waals surface area contributed by atoms with E-state index in [0.717, 1.165) is 16.8 Å². The van der Waals surface area contributed by atoms with E-state index in [1.54, 1.807) is 36.6 Å². The summed E-state index contributed by atoms with van der Waals surface area (Å²) in [7, 11) is -3.65. The second-order valence-corrected chi connectivity index (χ2v) is 8.02. The van der Waals surface area contributed by atoms with Crippen molar-refractivity contribution < 1.29 is 13.2 Å². The minimum atomic E-state index is -3.65. The molecule has 1 heterocycles. The second-order valence-electron chi connectivity index (χ2n) is 5.45. The number of hydrogen-bond donors (Lipinski definition) is 2. The fraction of sp³-hybridized carbons (Fsp3) is 0.111. The Kier molecular flexibility index (Phi) is 5.34. The van der Waals surface area contributed by atoms with Crippen LogP contribution in [0.3, 0.4) is 0 Å². The van der Waals surface area contributed by atoms with Crippen molar-refractivity contribution in [3.05, 3.63) is 60.1 Å². The summed E-state index contributed by atoms with van der Waals surface area (Å²) in [5.74, 6) is -0.0416. The smallest absolute Gasteiger partial charge is 0.263 e. The van der Waals surface area contributed by atoms with Crippen molar-refractivity contribution in [2.24, 2.45) is 0 Å². The Morgan fingerprint density at radius 2 is 1.65 bits per heavy atom. The van der Waals surface area contributed by atoms with Crippen LogP contribution in [-0.2, 0) is 14.8 Å². The maximum absolute atomic E-state index is 12.3. The van der Waals surface area contributed by atoms with Gasteiger partial charge in [-0.3, -0.25) is 9.52 Å². The molecule has 0 unspecified atom stereocenters. The average molecular weight is 387 g/mol. The molecule has 0 atom stereocenters. The largest absolute Gasteiger partial charge is 0.326 e. The maximum atomic E-state index is 12.3. The Balaban J connectivity index is 1.76. The summed E-state index contributed by atoms with van der Waals surface area (Å²) in [5.41, 5.74) is 2.54. The molecule has 0 fully saturated rings. The van der Waals surface area contributed by atoms with Gasteiger partial charge in [0.2, 0.25) is 5.91 Å². The fourth-order valence-corrected chi connectivity index (χ4v) is 4.06. The molecule has 0 radical (unpaired) electrons. The molecule has 6 nitrogen and oxygen atoms in total. The monoisotopic (exact) mass is 387 g/mol. The van der Waals surface area contributed by atoms with Gasteiger partial charge in [-0.15, -0.1) is 11.3 Å². The summed E-state index contributed by atoms with van der Waals surface area (Å²) >= 11 is 1.22. The molecule has 8 heteroatoms. The quantitative estimate of drug-likeness (QED) is 0.670. The van der Waals surface area contributed by atoms with Crippen LogP contribution in [0.4, 0.5) is 10.8 Å². The van der Waals surface area contributed by atoms with Crippen molar-refractivity contribution in [3.63, 3.8) is 0 Å². The first-order valence-corrected chi connectivity index (χ1v) is 10.3. The summed E-state index contributed by atoms with van der Waals surface area (Å²) in [4.78, 5) is 15.5. The van der Waals surface area contributed by atoms with Gasteiger partial charge in [0.25, 0.3) is 10.0 Å². The molecule has 0 aliphatic heterocycles. The van der Waals surface area contributed by atoms with E-state index in [9.17, 15) is 13.2 Å². The molecular formula is C18H17N3O3S2. The van der Waals surface area contributed by atoms with Crippen LogP contribution in [0, 0.1) is 0 Å². The van der Waals surface area contributed by atoms with E-state index in [1.807, 2.05) is 24.3 Å². The van der Waals surface area contributed by atoms with Gasteiger partial charge in [-0.05, 0) is 35.4 Å². The topological polar surface area (TPSA) is 88.2 Å². The Morgan fingerprint density at radius 3 is 2.19 bits per heavy atom. The van der Waals surface area contributed by atoms with Gasteiger partial charge in [0.15, 0.2) is 5.13 Å². The van der Waals surface area contributed by atoms with Crippen molar-refractivity contribution in [2.45, 2.75) is 18.2 Å². The van der Waals surface area contributed by atoms with Crippen LogP contribution in [0.1, 0.15) is 13.3 Å². The van der Waals surface area contributed by atoms with E-state index in [0.29, 0.717) is 11.6 Å². The van der Waals surface area contributed by atoms with Gasteiger partial charge in [-0.1, -0.05) is 31.2 Å². The van der Waals surface area contributed by atoms with Crippen LogP contribution in [0.25, 0.3) is 11.1 Å². The van der Waals surface area contributed by atoms with Crippen molar-refractivity contribution in [2.75, 3.05) is 10.0 Å². The van der Waals surface area contributed by atoms with Gasteiger partial charge >= 0.3 is 0 Å². The zero-order valence-corrected chi connectivity index (χ0v) is 15.6. The number of rotatable bonds is 6. The third kappa shape index (κ3) is 4.27. The number of amides is 1. The average Bonchev–Trinajstić information content (AvgIpc) is 3.14. The molecule has 1 amide bonds. The van der Waals surface area contributed by atoms with Gasteiger partial charge in [0, 0.05) is 23.7 Å². The van der Waals surface area contributed by atoms with Gasteiger partial charge < -0.3 is 5.32 Å². The highest BCUT2D eigenvalue weighted by Crippen LogP contribution is 2.24. The predicted molar refractivity (Wildman–Crippen MR) is 104 cm³/mol. The third-order valence-corrected chi connectivity index (χ3v) is 5.81. The number of aromatic nitrogens is 1. The lowest BCUT2D eigenvalue weighted by molar-refractivity contribution is -0.115. The minimum absolute atomic E-state index is 0.0416. The zero-order chi connectivity index (χ0) is 18.6. The summed E-state index contributed by atoms with van der Waals surface area (Å²) < 4.78 is 27.1. The van der Waals surface area contributed by atoms with Gasteiger partial charge in [0.05, 0.1) is 4.90 Å². The first kappa shape index (κ1) is 18.1. The molecule has 1 aromatic heterocycles. The Morgan fingerprint density at radius 1 is 1.04 bits per heavy atom. The lowest BCUT2D eigenvalue weighted by atomic mass is 10.1. The number of carbonyl (C=O) groups excluding carboxylic acids is 1. The second kappa shape index (κ2) is 7.67. The number of benzene rings is 2. The number of thiazole rings is 1. The van der Waals surface area contributed by atoms with Gasteiger partial charge in [0.1, 0.15) is 0 Å². The van der Waals surface area contributed by atoms with E-state index in [2.05, 4.69) is 15.0 Å². The lowest BCUT2D eigenvalue weighted by Crippen LogP contribution is -2.12. The van der Waals surface area contributed by atoms with E-state index in [-0.39, 0.29) is 10.8 Å². The van der Waals surface area contributed by atoms with Crippen LogP contribution >= 0.6 is 11.3 Å². The molecule has 0 aliphatic carbocycles. The zero-order valence-electron chi connectivity index (χ0n) is 14.0. The molecular weight excluding hydrogens is 370 g/mol. The lowest BCUT2D eigenvalue weighted by Gasteiger charge is -2.08. The molecule has 0 spiro atoms. The third-order valence-electron chi connectivity index (χ3n) is 3.64. The highest BCUT2D eigenvalue weighted by atomic mass is 32.2. The SMILES string of the molecule is CCC(=O)Nc1ccc(-c2ccc(S(=O)(=O)Nc3nccs3)cc2)cc1. The van der Waals surface area contributed by atoms with Crippen LogP contribution in [0.2, 0.25) is 0 Å². The number of anilines is 2. The Bertz CT molecular complexity index is 981. The van der Waals surface area contributed by atoms with Crippen LogP contribution in [0.5, 0.6) is 0 Å². The molecule has 134 valence electrons. The summed E-state index contributed by atoms with van der Waals surface area (Å²) in [6.45, 7) is 1.79. The molecule has 0 bridgehead atoms. The molecule has 0 saturated carbocycles. The minimum Gasteiger partial charge on any atom is -0.326 e. The molecule has 3 rings (SSSR count). The van der Waals surface area contributed by atoms with Crippen molar-refractivity contribution in [1.29, 1.82) is 0 Å². The summed E-state index contributed by atoms with van der Waals surface area (Å²) in [5, 5.41) is 4.82. The molecule has 2 aromatic carbocycles. The predicted octanol–water partition coefficient (Wildman–Crippen LogP) is 3.96. The van der Waals surface area contributed by atoms with Crippen molar-refractivity contribution in [1.82, 2.24) is 4.98 Å². The van der Waals surface area contributed by atoms with E-state index >= 15 is 0 Å². The number of nitrogens with one attached hydrogen (secondary N) is 2. The molecule has 26 heavy (non-hydrogen) atoms. The summed E-state index contributed by atoms with van der Waals surface area (Å²) in [6, 6.07) is 14.0. The van der Waals surface area contributed by atoms with Gasteiger partial charge in [-0.2, -0.15) is 0 Å². The fourth-order valence-electron chi connectivity index (χ4n) is 2.27. The van der Waals surface area contributed by atoms with Crippen LogP contribution in [-0.4, -0.2) is 19.3 Å². The maximum Gasteiger partial charge on any atom is 0.263 e. The molecule has 3 aromatic rings. The number of nitrogens with zero attached hydrogens (tertiary/aromatic N) is 1. The number of carbonyl (C=O) groups is 1. The van der Waals surface area contributed by atoms with Gasteiger partial charge in [-0.25, -0.2) is 13.4 Å². The van der Waals surface area contributed by atoms with Crippen molar-refractivity contribution in [3.8, 4) is 11.1 Å². The number of sulfonamides is 1. The molecule has 0 saturated heterocycles. The molecule has 2 N–H and O–H groups in total. The standard InChI is InChI=1S/C18H17N3O3S2/c1-2-17(22)20-15-7-3-13(4-8-15)14-5-9-16(10-6-14)26(23,24)21-18-19-11-12-25-18/h3-12H,2H2,1H3,(H,19,21)(H,20,22). The van der Waals surface area contributed by atoms with E-state index in [1.165, 1.54) is 17.5 Å². The van der Waals surface area contributed by atoms with E-state index < -0.39 is 10.0 Å². The van der Waals surface area contributed by atoms with Crippen LogP contribution in [0.15, 0.2) is 65.0 Å². The Labute approximate surface area is 156 Å². The number of hydrogen-bond acceptors (Lipinski definition) is 5. The van der Waals surface area contributed by atoms with E-state index in [4.69, 9.17) is 0 Å². The first-order valence-electron chi connectivity index (χ1n) is 7.90.